The van der Waals surface area contributed by atoms with Gasteiger partial charge in [-0.15, -0.1) is 0 Å². The van der Waals surface area contributed by atoms with Crippen molar-refractivity contribution >= 4 is 5.91 Å². The van der Waals surface area contributed by atoms with Crippen LogP contribution in [0.2, 0.25) is 0 Å². The van der Waals surface area contributed by atoms with Gasteiger partial charge in [0, 0.05) is 26.2 Å². The van der Waals surface area contributed by atoms with Gasteiger partial charge in [-0.3, -0.25) is 9.69 Å². The van der Waals surface area contributed by atoms with Crippen LogP contribution in [0.15, 0.2) is 0 Å². The smallest absolute Gasteiger partial charge is 0.236 e. The van der Waals surface area contributed by atoms with E-state index in [1.54, 1.807) is 0 Å². The minimum atomic E-state index is -0.354. The van der Waals surface area contributed by atoms with Gasteiger partial charge in [0.1, 0.15) is 0 Å². The zero-order chi connectivity index (χ0) is 14.6. The van der Waals surface area contributed by atoms with Gasteiger partial charge < -0.3 is 9.80 Å². The fourth-order valence-electron chi connectivity index (χ4n) is 3.09. The zero-order valence-corrected chi connectivity index (χ0v) is 12.8. The lowest BCUT2D eigenvalue weighted by atomic mass is 9.83. The number of amides is 1. The number of nitriles is 1. The highest BCUT2D eigenvalue weighted by Gasteiger charge is 2.33. The summed E-state index contributed by atoms with van der Waals surface area (Å²) in [7, 11) is 2.13. The van der Waals surface area contributed by atoms with Crippen molar-refractivity contribution in [2.24, 2.45) is 5.41 Å². The average molecular weight is 278 g/mol. The van der Waals surface area contributed by atoms with Gasteiger partial charge in [0.25, 0.3) is 0 Å². The molecule has 0 aliphatic carbocycles. The van der Waals surface area contributed by atoms with Crippen LogP contribution in [-0.4, -0.2) is 73.5 Å². The SMILES string of the molecule is CN1CCCN(CC(=O)N2CCCC(C)(C#N)C2)CC1. The first kappa shape index (κ1) is 15.3. The number of carbonyl (C=O) groups excluding carboxylic acids is 1. The predicted octanol–water partition coefficient (Wildman–Crippen LogP) is 0.776. The second kappa shape index (κ2) is 6.55. The predicted molar refractivity (Wildman–Crippen MR) is 78.1 cm³/mol. The van der Waals surface area contributed by atoms with Gasteiger partial charge in [-0.25, -0.2) is 0 Å². The van der Waals surface area contributed by atoms with E-state index in [0.717, 1.165) is 52.0 Å². The number of rotatable bonds is 2. The summed E-state index contributed by atoms with van der Waals surface area (Å²) in [6, 6.07) is 2.37. The Hall–Kier alpha value is -1.12. The summed E-state index contributed by atoms with van der Waals surface area (Å²) in [5.74, 6) is 0.190. The second-order valence-corrected chi connectivity index (χ2v) is 6.52. The Labute approximate surface area is 122 Å². The van der Waals surface area contributed by atoms with Crippen LogP contribution in [0.4, 0.5) is 0 Å². The van der Waals surface area contributed by atoms with Crippen molar-refractivity contribution in [1.29, 1.82) is 5.26 Å². The second-order valence-electron chi connectivity index (χ2n) is 6.52. The lowest BCUT2D eigenvalue weighted by molar-refractivity contribution is -0.134. The molecule has 20 heavy (non-hydrogen) atoms. The van der Waals surface area contributed by atoms with Crippen LogP contribution in [0, 0.1) is 16.7 Å². The Morgan fingerprint density at radius 3 is 2.75 bits per heavy atom. The Balaban J connectivity index is 1.86. The number of likely N-dealkylation sites (tertiary alicyclic amines) is 1. The van der Waals surface area contributed by atoms with Gasteiger partial charge in [0.2, 0.25) is 5.91 Å². The summed E-state index contributed by atoms with van der Waals surface area (Å²) < 4.78 is 0. The van der Waals surface area contributed by atoms with Gasteiger partial charge in [-0.2, -0.15) is 5.26 Å². The van der Waals surface area contributed by atoms with Crippen LogP contribution >= 0.6 is 0 Å². The van der Waals surface area contributed by atoms with Gasteiger partial charge in [-0.1, -0.05) is 0 Å². The molecule has 2 heterocycles. The van der Waals surface area contributed by atoms with Crippen molar-refractivity contribution < 1.29 is 4.79 Å². The number of carbonyl (C=O) groups is 1. The number of nitrogens with zero attached hydrogens (tertiary/aromatic N) is 4. The summed E-state index contributed by atoms with van der Waals surface area (Å²) in [6.07, 6.45) is 2.97. The number of likely N-dealkylation sites (N-methyl/N-ethyl adjacent to an activating group) is 1. The highest BCUT2D eigenvalue weighted by molar-refractivity contribution is 5.78. The Bertz CT molecular complexity index is 392. The van der Waals surface area contributed by atoms with Crippen molar-refractivity contribution in [3.05, 3.63) is 0 Å². The Morgan fingerprint density at radius 1 is 1.20 bits per heavy atom. The lowest BCUT2D eigenvalue weighted by Gasteiger charge is -2.37. The van der Waals surface area contributed by atoms with E-state index in [-0.39, 0.29) is 11.3 Å². The van der Waals surface area contributed by atoms with E-state index in [2.05, 4.69) is 22.9 Å². The molecule has 0 aromatic carbocycles. The van der Waals surface area contributed by atoms with Gasteiger partial charge in [0.05, 0.1) is 18.0 Å². The molecule has 1 amide bonds. The first-order valence-electron chi connectivity index (χ1n) is 7.62. The molecule has 0 aromatic heterocycles. The molecule has 112 valence electrons. The van der Waals surface area contributed by atoms with Crippen molar-refractivity contribution in [3.63, 3.8) is 0 Å². The molecule has 5 nitrogen and oxygen atoms in total. The number of hydrogen-bond acceptors (Lipinski definition) is 4. The van der Waals surface area contributed by atoms with Gasteiger partial charge in [0.15, 0.2) is 0 Å². The molecule has 5 heteroatoms. The van der Waals surface area contributed by atoms with Crippen LogP contribution in [0.25, 0.3) is 0 Å². The first-order valence-corrected chi connectivity index (χ1v) is 7.62. The Kier molecular flexibility index (Phi) is 5.00. The molecule has 2 aliphatic heterocycles. The summed E-state index contributed by atoms with van der Waals surface area (Å²) in [5, 5.41) is 9.23. The third-order valence-electron chi connectivity index (χ3n) is 4.49. The fourth-order valence-corrected chi connectivity index (χ4v) is 3.09. The van der Waals surface area contributed by atoms with Crippen molar-refractivity contribution in [3.8, 4) is 6.07 Å². The van der Waals surface area contributed by atoms with Crippen LogP contribution < -0.4 is 0 Å². The third kappa shape index (κ3) is 3.94. The summed E-state index contributed by atoms with van der Waals surface area (Å²) in [4.78, 5) is 18.9. The Morgan fingerprint density at radius 2 is 2.00 bits per heavy atom. The number of piperidine rings is 1. The minimum Gasteiger partial charge on any atom is -0.340 e. The molecule has 1 unspecified atom stereocenters. The molecule has 0 radical (unpaired) electrons. The fraction of sp³-hybridized carbons (Fsp3) is 0.867. The standard InChI is InChI=1S/C15H26N4O/c1-15(12-16)5-3-8-19(13-15)14(20)11-18-7-4-6-17(2)9-10-18/h3-11,13H2,1-2H3. The third-order valence-corrected chi connectivity index (χ3v) is 4.49. The summed E-state index contributed by atoms with van der Waals surface area (Å²) >= 11 is 0. The van der Waals surface area contributed by atoms with E-state index in [1.165, 1.54) is 0 Å². The largest absolute Gasteiger partial charge is 0.340 e. The van der Waals surface area contributed by atoms with E-state index in [1.807, 2.05) is 11.8 Å². The molecule has 0 spiro atoms. The summed E-state index contributed by atoms with van der Waals surface area (Å²) in [6.45, 7) is 7.98. The van der Waals surface area contributed by atoms with Crippen molar-refractivity contribution in [2.45, 2.75) is 26.2 Å². The molecule has 1 atom stereocenters. The van der Waals surface area contributed by atoms with Crippen molar-refractivity contribution in [2.75, 3.05) is 52.9 Å². The van der Waals surface area contributed by atoms with Gasteiger partial charge in [-0.05, 0) is 46.3 Å². The first-order chi connectivity index (χ1) is 9.52. The molecular weight excluding hydrogens is 252 g/mol. The van der Waals surface area contributed by atoms with E-state index >= 15 is 0 Å². The minimum absolute atomic E-state index is 0.190. The molecular formula is C15H26N4O. The van der Waals surface area contributed by atoms with Gasteiger partial charge >= 0.3 is 0 Å². The topological polar surface area (TPSA) is 50.6 Å². The molecule has 0 saturated carbocycles. The molecule has 0 N–H and O–H groups in total. The zero-order valence-electron chi connectivity index (χ0n) is 12.8. The highest BCUT2D eigenvalue weighted by Crippen LogP contribution is 2.28. The van der Waals surface area contributed by atoms with E-state index in [0.29, 0.717) is 13.1 Å². The lowest BCUT2D eigenvalue weighted by Crippen LogP contribution is -2.48. The molecule has 0 aromatic rings. The van der Waals surface area contributed by atoms with E-state index in [9.17, 15) is 10.1 Å². The van der Waals surface area contributed by atoms with Crippen LogP contribution in [0.3, 0.4) is 0 Å². The van der Waals surface area contributed by atoms with E-state index < -0.39 is 0 Å². The number of hydrogen-bond donors (Lipinski definition) is 0. The molecule has 2 saturated heterocycles. The van der Waals surface area contributed by atoms with Crippen LogP contribution in [0.1, 0.15) is 26.2 Å². The van der Waals surface area contributed by atoms with E-state index in [4.69, 9.17) is 0 Å². The normalized spacial score (nSPS) is 29.8. The maximum absolute atomic E-state index is 12.4. The molecule has 2 rings (SSSR count). The van der Waals surface area contributed by atoms with Crippen LogP contribution in [-0.2, 0) is 4.79 Å². The molecule has 2 fully saturated rings. The molecule has 2 aliphatic rings. The highest BCUT2D eigenvalue weighted by atomic mass is 16.2. The average Bonchev–Trinajstić information content (AvgIpc) is 2.64. The maximum Gasteiger partial charge on any atom is 0.236 e. The van der Waals surface area contributed by atoms with Crippen LogP contribution in [0.5, 0.6) is 0 Å². The quantitative estimate of drug-likeness (QED) is 0.749. The summed E-state index contributed by atoms with van der Waals surface area (Å²) in [5.41, 5.74) is -0.354. The molecule has 0 bridgehead atoms. The maximum atomic E-state index is 12.4. The van der Waals surface area contributed by atoms with Crippen molar-refractivity contribution in [1.82, 2.24) is 14.7 Å². The monoisotopic (exact) mass is 278 g/mol.